The highest BCUT2D eigenvalue weighted by Gasteiger charge is 2.42. The van der Waals surface area contributed by atoms with E-state index in [0.29, 0.717) is 29.9 Å². The summed E-state index contributed by atoms with van der Waals surface area (Å²) < 4.78 is 55.7. The van der Waals surface area contributed by atoms with Gasteiger partial charge in [0.15, 0.2) is 0 Å². The molecule has 2 aliphatic heterocycles. The standard InChI is InChI=1S/C27H25F3N2O4/c28-20-2-1-3-21(29)24(20)25-19(26(36-31-25)14-4-5-14)13-35-18-11-16-7-8-17(12-18)32(16)23-9-6-15(27(33)34)10-22(23)30/h1-3,6,9-10,14,16-18H,4-5,7-8,11-13H2,(H,33,34)/t16-,17?,18?/m0/s1. The van der Waals surface area contributed by atoms with Crippen LogP contribution < -0.4 is 4.90 Å². The Bertz CT molecular complexity index is 1290. The van der Waals surface area contributed by atoms with Crippen LogP contribution in [0.25, 0.3) is 11.3 Å². The lowest BCUT2D eigenvalue weighted by Gasteiger charge is -2.40. The number of halogens is 3. The van der Waals surface area contributed by atoms with Gasteiger partial charge in [-0.3, -0.25) is 0 Å². The average molecular weight is 499 g/mol. The summed E-state index contributed by atoms with van der Waals surface area (Å²) >= 11 is 0. The normalized spacial score (nSPS) is 23.3. The minimum absolute atomic E-state index is 0.0628. The summed E-state index contributed by atoms with van der Waals surface area (Å²) in [5.41, 5.74) is 0.865. The highest BCUT2D eigenvalue weighted by molar-refractivity contribution is 5.88. The summed E-state index contributed by atoms with van der Waals surface area (Å²) in [6.45, 7) is 0.129. The molecular weight excluding hydrogens is 473 g/mol. The molecule has 0 spiro atoms. The van der Waals surface area contributed by atoms with E-state index >= 15 is 0 Å². The lowest BCUT2D eigenvalue weighted by molar-refractivity contribution is 0.0146. The van der Waals surface area contributed by atoms with Gasteiger partial charge < -0.3 is 19.3 Å². The first-order chi connectivity index (χ1) is 17.4. The summed E-state index contributed by atoms with van der Waals surface area (Å²) in [4.78, 5) is 13.2. The van der Waals surface area contributed by atoms with Crippen LogP contribution in [0.2, 0.25) is 0 Å². The van der Waals surface area contributed by atoms with E-state index in [0.717, 1.165) is 31.7 Å². The molecule has 0 amide bonds. The Morgan fingerprint density at radius 3 is 2.33 bits per heavy atom. The van der Waals surface area contributed by atoms with Crippen LogP contribution in [0.1, 0.15) is 66.1 Å². The lowest BCUT2D eigenvalue weighted by atomic mass is 9.98. The Morgan fingerprint density at radius 1 is 1.03 bits per heavy atom. The number of aromatic carboxylic acids is 1. The van der Waals surface area contributed by atoms with Crippen LogP contribution in [0.3, 0.4) is 0 Å². The average Bonchev–Trinajstić information content (AvgIpc) is 3.56. The number of fused-ring (bicyclic) bond motifs is 2. The third-order valence-corrected chi connectivity index (χ3v) is 7.59. The third kappa shape index (κ3) is 4.05. The number of carboxylic acid groups (broad SMARTS) is 1. The fraction of sp³-hybridized carbons (Fsp3) is 0.407. The fourth-order valence-electron chi connectivity index (χ4n) is 5.76. The molecule has 1 aliphatic carbocycles. The van der Waals surface area contributed by atoms with Gasteiger partial charge in [-0.2, -0.15) is 0 Å². The van der Waals surface area contributed by atoms with E-state index in [2.05, 4.69) is 10.1 Å². The molecule has 0 radical (unpaired) electrons. The summed E-state index contributed by atoms with van der Waals surface area (Å²) in [6, 6.07) is 7.87. The van der Waals surface area contributed by atoms with E-state index in [4.69, 9.17) is 14.4 Å². The molecule has 6 nitrogen and oxygen atoms in total. The van der Waals surface area contributed by atoms with E-state index in [-0.39, 0.29) is 47.5 Å². The van der Waals surface area contributed by atoms with Crippen LogP contribution in [0.4, 0.5) is 18.9 Å². The molecule has 3 heterocycles. The number of hydrogen-bond donors (Lipinski definition) is 1. The molecule has 188 valence electrons. The zero-order chi connectivity index (χ0) is 25.0. The summed E-state index contributed by atoms with van der Waals surface area (Å²) in [6.07, 6.45) is 4.88. The molecule has 3 aliphatic rings. The monoisotopic (exact) mass is 498 g/mol. The van der Waals surface area contributed by atoms with Gasteiger partial charge in [0, 0.05) is 23.6 Å². The summed E-state index contributed by atoms with van der Waals surface area (Å²) in [5.74, 6) is -2.28. The molecule has 2 unspecified atom stereocenters. The number of benzene rings is 2. The van der Waals surface area contributed by atoms with Crippen LogP contribution in [-0.2, 0) is 11.3 Å². The van der Waals surface area contributed by atoms with Crippen molar-refractivity contribution in [3.63, 3.8) is 0 Å². The van der Waals surface area contributed by atoms with Crippen molar-refractivity contribution in [2.75, 3.05) is 4.90 Å². The quantitative estimate of drug-likeness (QED) is 0.427. The van der Waals surface area contributed by atoms with Crippen LogP contribution in [0.5, 0.6) is 0 Å². The number of aromatic nitrogens is 1. The van der Waals surface area contributed by atoms with Gasteiger partial charge >= 0.3 is 5.97 Å². The number of carboxylic acids is 1. The minimum atomic E-state index is -1.16. The molecule has 3 atom stereocenters. The number of rotatable bonds is 7. The summed E-state index contributed by atoms with van der Waals surface area (Å²) in [7, 11) is 0. The lowest BCUT2D eigenvalue weighted by Crippen LogP contribution is -2.46. The van der Waals surface area contributed by atoms with Gasteiger partial charge in [-0.1, -0.05) is 11.2 Å². The SMILES string of the molecule is O=C(O)c1ccc(N2C3CC[C@H]2CC(OCc2c(-c4c(F)cccc4F)noc2C2CC2)C3)c(F)c1. The van der Waals surface area contributed by atoms with Gasteiger partial charge in [0.2, 0.25) is 0 Å². The second-order valence-corrected chi connectivity index (χ2v) is 9.91. The molecule has 1 aromatic heterocycles. The van der Waals surface area contributed by atoms with E-state index in [1.54, 1.807) is 6.07 Å². The van der Waals surface area contributed by atoms with Gasteiger partial charge in [0.05, 0.1) is 29.5 Å². The Hall–Kier alpha value is -3.33. The summed E-state index contributed by atoms with van der Waals surface area (Å²) in [5, 5.41) is 13.2. The van der Waals surface area contributed by atoms with Crippen molar-refractivity contribution in [3.05, 3.63) is 70.7 Å². The highest BCUT2D eigenvalue weighted by Crippen LogP contribution is 2.46. The number of piperidine rings is 1. The van der Waals surface area contributed by atoms with Crippen LogP contribution in [0, 0.1) is 17.5 Å². The molecule has 9 heteroatoms. The minimum Gasteiger partial charge on any atom is -0.478 e. The van der Waals surface area contributed by atoms with Gasteiger partial charge in [-0.25, -0.2) is 18.0 Å². The second-order valence-electron chi connectivity index (χ2n) is 9.91. The highest BCUT2D eigenvalue weighted by atomic mass is 19.1. The Balaban J connectivity index is 1.20. The molecule has 2 saturated heterocycles. The van der Waals surface area contributed by atoms with Crippen molar-refractivity contribution in [1.82, 2.24) is 5.16 Å². The van der Waals surface area contributed by atoms with Crippen LogP contribution in [0.15, 0.2) is 40.9 Å². The smallest absolute Gasteiger partial charge is 0.335 e. The molecular formula is C27H25F3N2O4. The van der Waals surface area contributed by atoms with Gasteiger partial charge in [0.25, 0.3) is 0 Å². The fourth-order valence-corrected chi connectivity index (χ4v) is 5.76. The van der Waals surface area contributed by atoms with Crippen LogP contribution in [-0.4, -0.2) is 34.4 Å². The predicted octanol–water partition coefficient (Wildman–Crippen LogP) is 6.05. The zero-order valence-corrected chi connectivity index (χ0v) is 19.4. The Labute approximate surface area is 205 Å². The van der Waals surface area contributed by atoms with Crippen molar-refractivity contribution in [1.29, 1.82) is 0 Å². The number of carbonyl (C=O) groups is 1. The number of anilines is 1. The van der Waals surface area contributed by atoms with Gasteiger partial charge in [-0.05, 0) is 68.9 Å². The van der Waals surface area contributed by atoms with Crippen molar-refractivity contribution in [3.8, 4) is 11.3 Å². The van der Waals surface area contributed by atoms with Crippen molar-refractivity contribution < 1.29 is 32.3 Å². The maximum atomic E-state index is 14.8. The Kier molecular flexibility index (Phi) is 5.75. The molecule has 3 aromatic rings. The molecule has 1 N–H and O–H groups in total. The maximum Gasteiger partial charge on any atom is 0.335 e. The van der Waals surface area contributed by atoms with Gasteiger partial charge in [0.1, 0.15) is 28.9 Å². The first-order valence-electron chi connectivity index (χ1n) is 12.3. The molecule has 1 saturated carbocycles. The largest absolute Gasteiger partial charge is 0.478 e. The first-order valence-corrected chi connectivity index (χ1v) is 12.3. The number of ether oxygens (including phenoxy) is 1. The van der Waals surface area contributed by atoms with E-state index < -0.39 is 23.4 Å². The molecule has 2 bridgehead atoms. The Morgan fingerprint density at radius 2 is 1.72 bits per heavy atom. The van der Waals surface area contributed by atoms with E-state index in [1.807, 2.05) is 0 Å². The maximum absolute atomic E-state index is 14.8. The number of nitrogens with zero attached hydrogens (tertiary/aromatic N) is 2. The van der Waals surface area contributed by atoms with Crippen molar-refractivity contribution >= 4 is 11.7 Å². The van der Waals surface area contributed by atoms with Crippen molar-refractivity contribution in [2.24, 2.45) is 0 Å². The zero-order valence-electron chi connectivity index (χ0n) is 19.4. The third-order valence-electron chi connectivity index (χ3n) is 7.59. The second kappa shape index (κ2) is 8.96. The van der Waals surface area contributed by atoms with Crippen LogP contribution >= 0.6 is 0 Å². The predicted molar refractivity (Wildman–Crippen MR) is 124 cm³/mol. The molecule has 6 rings (SSSR count). The first kappa shape index (κ1) is 23.1. The van der Waals surface area contributed by atoms with Crippen molar-refractivity contribution in [2.45, 2.75) is 69.2 Å². The molecule has 36 heavy (non-hydrogen) atoms. The molecule has 3 fully saturated rings. The van der Waals surface area contributed by atoms with E-state index in [9.17, 15) is 18.0 Å². The van der Waals surface area contributed by atoms with E-state index in [1.165, 1.54) is 24.3 Å². The molecule has 2 aromatic carbocycles. The van der Waals surface area contributed by atoms with Gasteiger partial charge in [-0.15, -0.1) is 0 Å². The topological polar surface area (TPSA) is 75.8 Å². The number of hydrogen-bond acceptors (Lipinski definition) is 5.